The molecule has 94 heavy (non-hydrogen) atoms. The number of hydrogen-bond donors (Lipinski definition) is 0. The molecule has 1 aliphatic carbocycles. The van der Waals surface area contributed by atoms with Crippen LogP contribution < -0.4 is 19.9 Å². The summed E-state index contributed by atoms with van der Waals surface area (Å²) in [7, 11) is 0. The molecule has 0 fully saturated rings. The molecule has 17 rings (SSSR count). The minimum atomic E-state index is 0. The van der Waals surface area contributed by atoms with Gasteiger partial charge in [-0.2, -0.15) is 0 Å². The van der Waals surface area contributed by atoms with E-state index < -0.39 is 0 Å². The molecule has 5 aliphatic rings. The van der Waals surface area contributed by atoms with E-state index in [4.69, 9.17) is 39.9 Å². The van der Waals surface area contributed by atoms with Crippen molar-refractivity contribution >= 4 is 103 Å². The monoisotopic (exact) mass is 1300 g/mol. The summed E-state index contributed by atoms with van der Waals surface area (Å²) in [5.41, 5.74) is 31.5. The number of hydrogen-bond acceptors (Lipinski definition) is 4. The Labute approximate surface area is 565 Å². The molecular formula is C84H54Cu2N8. The van der Waals surface area contributed by atoms with E-state index in [0.29, 0.717) is 16.8 Å². The zero-order chi connectivity index (χ0) is 61.6. The second-order valence-electron chi connectivity index (χ2n) is 24.0. The van der Waals surface area contributed by atoms with Crippen LogP contribution in [0.5, 0.6) is 0 Å². The molecule has 8 nitrogen and oxygen atoms in total. The maximum atomic E-state index is 5.93. The molecule has 0 N–H and O–H groups in total. The molecule has 6 aromatic carbocycles. The third-order valence-corrected chi connectivity index (χ3v) is 17.7. The molecule has 0 saturated heterocycles. The van der Waals surface area contributed by atoms with Gasteiger partial charge < -0.3 is 19.9 Å². The predicted molar refractivity (Wildman–Crippen MR) is 378 cm³/mol. The summed E-state index contributed by atoms with van der Waals surface area (Å²) < 4.78 is 0. The summed E-state index contributed by atoms with van der Waals surface area (Å²) in [5, 5.41) is 0. The maximum absolute atomic E-state index is 5.93. The molecule has 0 unspecified atom stereocenters. The predicted octanol–water partition coefficient (Wildman–Crippen LogP) is 18.8. The molecule has 4 aliphatic heterocycles. The number of aromatic nitrogens is 8. The van der Waals surface area contributed by atoms with E-state index in [1.165, 1.54) is 0 Å². The van der Waals surface area contributed by atoms with Crippen LogP contribution >= 0.6 is 0 Å². The molecule has 0 amide bonds. The van der Waals surface area contributed by atoms with Crippen molar-refractivity contribution in [2.45, 2.75) is 27.7 Å². The van der Waals surface area contributed by atoms with Crippen molar-refractivity contribution in [1.29, 1.82) is 0 Å². The van der Waals surface area contributed by atoms with E-state index in [1.807, 2.05) is 36.4 Å². The smallest absolute Gasteiger partial charge is 0.657 e. The minimum Gasteiger partial charge on any atom is -0.657 e. The van der Waals surface area contributed by atoms with Gasteiger partial charge in [-0.1, -0.05) is 234 Å². The van der Waals surface area contributed by atoms with Gasteiger partial charge in [0.1, 0.15) is 0 Å². The summed E-state index contributed by atoms with van der Waals surface area (Å²) in [4.78, 5) is 45.0. The molecule has 10 heterocycles. The van der Waals surface area contributed by atoms with Crippen LogP contribution in [-0.4, -0.2) is 19.9 Å². The van der Waals surface area contributed by atoms with Gasteiger partial charge in [0.25, 0.3) is 0 Å². The second kappa shape index (κ2) is 24.2. The van der Waals surface area contributed by atoms with E-state index in [2.05, 4.69) is 258 Å². The van der Waals surface area contributed by atoms with E-state index >= 15 is 0 Å². The number of aryl methyl sites for hydroxylation is 4. The topological polar surface area (TPSA) is 108 Å². The Morgan fingerprint density at radius 3 is 1.24 bits per heavy atom. The van der Waals surface area contributed by atoms with Crippen molar-refractivity contribution in [3.05, 3.63) is 308 Å². The SMILES string of the molecule is Cc1ccc(-c2c3nc(c(C4=C(c5ccccc5)C5=Cc6nc5c4c4ccc([n-]4)c(-c4ccc(C)cc4)c4nc(c(C#Cc5ccccc5)c5ccc([n-]5)c6-c5ccc(C)cc5)C=C4)c4ccc([n-]4)c(-c4ccc(C)cc4)c4nc(cc5ccc2[n-]5)C=C4)C=C3)cc1.[Cu+2].[Cu+2]. The van der Waals surface area contributed by atoms with Gasteiger partial charge in [0.2, 0.25) is 0 Å². The van der Waals surface area contributed by atoms with Crippen molar-refractivity contribution in [1.82, 2.24) is 39.9 Å². The third kappa shape index (κ3) is 10.6. The summed E-state index contributed by atoms with van der Waals surface area (Å²) in [5.74, 6) is 7.02. The molecule has 0 atom stereocenters. The molecule has 0 saturated carbocycles. The zero-order valence-corrected chi connectivity index (χ0v) is 53.3. The Bertz CT molecular complexity index is 5640. The number of rotatable bonds is 6. The summed E-state index contributed by atoms with van der Waals surface area (Å²) >= 11 is 0. The first-order valence-electron chi connectivity index (χ1n) is 31.0. The second-order valence-corrected chi connectivity index (χ2v) is 24.0. The van der Waals surface area contributed by atoms with Crippen LogP contribution in [0.15, 0.2) is 212 Å². The molecule has 2 radical (unpaired) electrons. The van der Waals surface area contributed by atoms with Crippen LogP contribution in [0.4, 0.5) is 0 Å². The molecular weight excluding hydrogens is 1250 g/mol. The fourth-order valence-corrected chi connectivity index (χ4v) is 13.2. The van der Waals surface area contributed by atoms with E-state index in [0.717, 1.165) is 184 Å². The Kier molecular flexibility index (Phi) is 15.2. The Morgan fingerprint density at radius 2 is 0.702 bits per heavy atom. The maximum Gasteiger partial charge on any atom is 2.00 e. The molecule has 10 heteroatoms. The summed E-state index contributed by atoms with van der Waals surface area (Å²) in [6.07, 6.45) is 14.8. The van der Waals surface area contributed by atoms with Crippen molar-refractivity contribution in [2.24, 2.45) is 0 Å². The van der Waals surface area contributed by atoms with Crippen LogP contribution in [0, 0.1) is 39.5 Å². The Morgan fingerprint density at radius 1 is 0.298 bits per heavy atom. The van der Waals surface area contributed by atoms with E-state index in [9.17, 15) is 0 Å². The van der Waals surface area contributed by atoms with Crippen LogP contribution in [0.1, 0.15) is 95.6 Å². The minimum absolute atomic E-state index is 0. The molecule has 6 aromatic heterocycles. The summed E-state index contributed by atoms with van der Waals surface area (Å²) in [6.45, 7) is 8.45. The molecule has 0 spiro atoms. The van der Waals surface area contributed by atoms with E-state index in [-0.39, 0.29) is 34.1 Å². The van der Waals surface area contributed by atoms with Gasteiger partial charge in [-0.15, -0.1) is 44.1 Å². The van der Waals surface area contributed by atoms with Crippen LogP contribution in [0.2, 0.25) is 0 Å². The number of nitrogens with zero attached hydrogens (tertiary/aromatic N) is 8. The fourth-order valence-electron chi connectivity index (χ4n) is 13.2. The van der Waals surface area contributed by atoms with Crippen molar-refractivity contribution in [3.8, 4) is 56.3 Å². The van der Waals surface area contributed by atoms with Gasteiger partial charge >= 0.3 is 34.1 Å². The number of benzene rings is 6. The zero-order valence-electron chi connectivity index (χ0n) is 51.4. The normalized spacial score (nSPS) is 12.5. The summed E-state index contributed by atoms with van der Waals surface area (Å²) in [6, 6.07) is 74.2. The Hall–Kier alpha value is -11.1. The standard InChI is InChI=1S/C84H54N8.2Cu/c1-49-15-24-55(25-16-49)77-65-35-32-59(85-65)47-60-33-36-66(86-60)78(56-26-17-50(2)18-27-56)69-42-45-73(90-69)81(72-44-41-68(77)89-72)83-76(54-13-9-6-10-14-54)62-48-75-80(58-30-21-52(4)22-31-58)71-40-38-64(88-71)61(34-23-53-11-7-5-8-12-53)63-37-39-67(87-63)79(57-28-19-51(3)20-29-57)70-43-46-74(91-70)82(83)84(62)92-75;;/h5-22,24-33,35-48H,1-4H3;;/q-4;2*+2. The quantitative estimate of drug-likeness (QED) is 0.120. The number of fused-ring (bicyclic) bond motifs is 16. The van der Waals surface area contributed by atoms with Crippen LogP contribution in [0.3, 0.4) is 0 Å². The van der Waals surface area contributed by atoms with Crippen molar-refractivity contribution < 1.29 is 34.1 Å². The molecule has 452 valence electrons. The van der Waals surface area contributed by atoms with Gasteiger partial charge in [0.05, 0.1) is 45.6 Å². The third-order valence-electron chi connectivity index (χ3n) is 17.7. The van der Waals surface area contributed by atoms with Gasteiger partial charge in [0, 0.05) is 16.7 Å². The van der Waals surface area contributed by atoms with Gasteiger partial charge in [-0.3, -0.25) is 0 Å². The van der Waals surface area contributed by atoms with Crippen LogP contribution in [0.25, 0.3) is 148 Å². The van der Waals surface area contributed by atoms with Gasteiger partial charge in [-0.25, -0.2) is 19.9 Å². The van der Waals surface area contributed by atoms with Gasteiger partial charge in [-0.05, 0) is 155 Å². The molecule has 16 bridgehead atoms. The fraction of sp³-hybridized carbons (Fsp3) is 0.0476. The average Bonchev–Trinajstić information content (AvgIpc) is 1.55. The van der Waals surface area contributed by atoms with E-state index in [1.54, 1.807) is 0 Å². The number of allylic oxidation sites excluding steroid dienone is 2. The molecule has 12 aromatic rings. The van der Waals surface area contributed by atoms with Crippen LogP contribution in [-0.2, 0) is 34.1 Å². The Balaban J connectivity index is 0.00000364. The van der Waals surface area contributed by atoms with Crippen molar-refractivity contribution in [3.63, 3.8) is 0 Å². The first kappa shape index (κ1) is 59.2. The largest absolute Gasteiger partial charge is 2.00 e. The first-order chi connectivity index (χ1) is 45.2. The first-order valence-corrected chi connectivity index (χ1v) is 31.0. The van der Waals surface area contributed by atoms with Gasteiger partial charge in [0.15, 0.2) is 0 Å². The van der Waals surface area contributed by atoms with Crippen molar-refractivity contribution in [2.75, 3.05) is 0 Å². The average molecular weight is 1300 g/mol.